The number of nitrogens with zero attached hydrogens (tertiary/aromatic N) is 2. The lowest BCUT2D eigenvalue weighted by Crippen LogP contribution is -2.47. The SMILES string of the molecule is CC(=O)c1ccc2c(c1)N(CC(=O)N1CCOCC1)CCO2. The first-order valence-electron chi connectivity index (χ1n) is 7.53. The van der Waals surface area contributed by atoms with Crippen LogP contribution in [0.4, 0.5) is 5.69 Å². The highest BCUT2D eigenvalue weighted by molar-refractivity contribution is 5.96. The molecule has 22 heavy (non-hydrogen) atoms. The number of hydrogen-bond donors (Lipinski definition) is 0. The van der Waals surface area contributed by atoms with Gasteiger partial charge in [-0.25, -0.2) is 0 Å². The lowest BCUT2D eigenvalue weighted by Gasteiger charge is -2.34. The molecule has 6 nitrogen and oxygen atoms in total. The highest BCUT2D eigenvalue weighted by Crippen LogP contribution is 2.32. The summed E-state index contributed by atoms with van der Waals surface area (Å²) in [4.78, 5) is 27.8. The molecule has 1 amide bonds. The zero-order valence-corrected chi connectivity index (χ0v) is 12.7. The van der Waals surface area contributed by atoms with Crippen LogP contribution in [0.3, 0.4) is 0 Å². The number of carbonyl (C=O) groups excluding carboxylic acids is 2. The summed E-state index contributed by atoms with van der Waals surface area (Å²) in [6.45, 7) is 5.51. The van der Waals surface area contributed by atoms with Crippen LogP contribution in [0, 0.1) is 0 Å². The molecule has 1 saturated heterocycles. The lowest BCUT2D eigenvalue weighted by molar-refractivity contribution is -0.133. The third-order valence-electron chi connectivity index (χ3n) is 4.01. The maximum absolute atomic E-state index is 12.4. The predicted molar refractivity (Wildman–Crippen MR) is 81.6 cm³/mol. The Morgan fingerprint density at radius 3 is 2.64 bits per heavy atom. The molecule has 0 radical (unpaired) electrons. The van der Waals surface area contributed by atoms with E-state index in [9.17, 15) is 9.59 Å². The van der Waals surface area contributed by atoms with E-state index < -0.39 is 0 Å². The van der Waals surface area contributed by atoms with Gasteiger partial charge in [0.2, 0.25) is 5.91 Å². The second-order valence-electron chi connectivity index (χ2n) is 5.50. The molecule has 3 rings (SSSR count). The summed E-state index contributed by atoms with van der Waals surface area (Å²) in [5, 5.41) is 0. The van der Waals surface area contributed by atoms with E-state index in [2.05, 4.69) is 0 Å². The number of benzene rings is 1. The quantitative estimate of drug-likeness (QED) is 0.778. The Balaban J connectivity index is 1.77. The van der Waals surface area contributed by atoms with E-state index in [-0.39, 0.29) is 11.7 Å². The van der Waals surface area contributed by atoms with Crippen molar-refractivity contribution in [1.82, 2.24) is 4.90 Å². The van der Waals surface area contributed by atoms with Gasteiger partial charge in [0.15, 0.2) is 5.78 Å². The van der Waals surface area contributed by atoms with Crippen molar-refractivity contribution in [3.8, 4) is 5.75 Å². The van der Waals surface area contributed by atoms with Crippen LogP contribution in [0.15, 0.2) is 18.2 Å². The Labute approximate surface area is 129 Å². The van der Waals surface area contributed by atoms with E-state index in [1.165, 1.54) is 6.92 Å². The second-order valence-corrected chi connectivity index (χ2v) is 5.50. The highest BCUT2D eigenvalue weighted by atomic mass is 16.5. The minimum atomic E-state index is 0.00725. The fourth-order valence-electron chi connectivity index (χ4n) is 2.73. The summed E-state index contributed by atoms with van der Waals surface area (Å²) >= 11 is 0. The van der Waals surface area contributed by atoms with Gasteiger partial charge in [-0.1, -0.05) is 0 Å². The van der Waals surface area contributed by atoms with Crippen molar-refractivity contribution >= 4 is 17.4 Å². The van der Waals surface area contributed by atoms with Crippen molar-refractivity contribution in [2.45, 2.75) is 6.92 Å². The van der Waals surface area contributed by atoms with Gasteiger partial charge < -0.3 is 19.3 Å². The van der Waals surface area contributed by atoms with Gasteiger partial charge in [0.25, 0.3) is 0 Å². The number of fused-ring (bicyclic) bond motifs is 1. The van der Waals surface area contributed by atoms with E-state index in [0.29, 0.717) is 51.6 Å². The molecule has 6 heteroatoms. The van der Waals surface area contributed by atoms with Crippen LogP contribution in [-0.2, 0) is 9.53 Å². The number of hydrogen-bond acceptors (Lipinski definition) is 5. The zero-order chi connectivity index (χ0) is 15.5. The number of rotatable bonds is 3. The Hall–Kier alpha value is -2.08. The van der Waals surface area contributed by atoms with Crippen LogP contribution < -0.4 is 9.64 Å². The fraction of sp³-hybridized carbons (Fsp3) is 0.500. The predicted octanol–water partition coefficient (Wildman–Crippen LogP) is 0.947. The van der Waals surface area contributed by atoms with Crippen LogP contribution >= 0.6 is 0 Å². The van der Waals surface area contributed by atoms with Crippen molar-refractivity contribution in [3.05, 3.63) is 23.8 Å². The Kier molecular flexibility index (Phi) is 4.29. The molecular weight excluding hydrogens is 284 g/mol. The van der Waals surface area contributed by atoms with Gasteiger partial charge in [-0.2, -0.15) is 0 Å². The number of ether oxygens (including phenoxy) is 2. The number of morpholine rings is 1. The number of anilines is 1. The molecule has 0 bridgehead atoms. The molecule has 1 aromatic rings. The van der Waals surface area contributed by atoms with Gasteiger partial charge in [-0.3, -0.25) is 9.59 Å². The lowest BCUT2D eigenvalue weighted by atomic mass is 10.1. The highest BCUT2D eigenvalue weighted by Gasteiger charge is 2.24. The molecular formula is C16H20N2O4. The van der Waals surface area contributed by atoms with Crippen molar-refractivity contribution in [2.24, 2.45) is 0 Å². The maximum Gasteiger partial charge on any atom is 0.242 e. The third-order valence-corrected chi connectivity index (χ3v) is 4.01. The fourth-order valence-corrected chi connectivity index (χ4v) is 2.73. The standard InChI is InChI=1S/C16H20N2O4/c1-12(19)13-2-3-15-14(10-13)18(6-9-22-15)11-16(20)17-4-7-21-8-5-17/h2-3,10H,4-9,11H2,1H3. The molecule has 0 unspecified atom stereocenters. The largest absolute Gasteiger partial charge is 0.490 e. The molecule has 0 aliphatic carbocycles. The summed E-state index contributed by atoms with van der Waals surface area (Å²) in [6, 6.07) is 5.37. The molecule has 0 saturated carbocycles. The topological polar surface area (TPSA) is 59.1 Å². The van der Waals surface area contributed by atoms with Crippen LogP contribution in [-0.4, -0.2) is 62.6 Å². The summed E-state index contributed by atoms with van der Waals surface area (Å²) in [6.07, 6.45) is 0. The molecule has 2 aliphatic heterocycles. The van der Waals surface area contributed by atoms with Crippen LogP contribution in [0.2, 0.25) is 0 Å². The van der Waals surface area contributed by atoms with E-state index in [0.717, 1.165) is 11.4 Å². The number of carbonyl (C=O) groups is 2. The Morgan fingerprint density at radius 2 is 1.91 bits per heavy atom. The van der Waals surface area contributed by atoms with E-state index in [1.807, 2.05) is 15.9 Å². The van der Waals surface area contributed by atoms with E-state index in [1.54, 1.807) is 12.1 Å². The monoisotopic (exact) mass is 304 g/mol. The van der Waals surface area contributed by atoms with Crippen molar-refractivity contribution in [3.63, 3.8) is 0 Å². The molecule has 2 aliphatic rings. The number of ketones is 1. The normalized spacial score (nSPS) is 17.7. The van der Waals surface area contributed by atoms with E-state index in [4.69, 9.17) is 9.47 Å². The van der Waals surface area contributed by atoms with Gasteiger partial charge in [0.05, 0.1) is 32.0 Å². The summed E-state index contributed by atoms with van der Waals surface area (Å²) in [7, 11) is 0. The molecule has 2 heterocycles. The minimum Gasteiger partial charge on any atom is -0.490 e. The second kappa shape index (κ2) is 6.36. The zero-order valence-electron chi connectivity index (χ0n) is 12.7. The molecule has 1 aromatic carbocycles. The van der Waals surface area contributed by atoms with Crippen LogP contribution in [0.1, 0.15) is 17.3 Å². The Morgan fingerprint density at radius 1 is 1.14 bits per heavy atom. The van der Waals surface area contributed by atoms with Crippen LogP contribution in [0.5, 0.6) is 5.75 Å². The van der Waals surface area contributed by atoms with Gasteiger partial charge in [0, 0.05) is 18.7 Å². The summed E-state index contributed by atoms with van der Waals surface area (Å²) in [5.41, 5.74) is 1.45. The smallest absolute Gasteiger partial charge is 0.242 e. The average Bonchev–Trinajstić information content (AvgIpc) is 2.55. The molecule has 0 atom stereocenters. The van der Waals surface area contributed by atoms with Gasteiger partial charge >= 0.3 is 0 Å². The number of Topliss-reactive ketones (excluding diaryl/α,β-unsaturated/α-hetero) is 1. The first kappa shape index (κ1) is 14.8. The molecule has 0 aromatic heterocycles. The van der Waals surface area contributed by atoms with Crippen molar-refractivity contribution in [1.29, 1.82) is 0 Å². The van der Waals surface area contributed by atoms with Gasteiger partial charge in [0.1, 0.15) is 12.4 Å². The van der Waals surface area contributed by atoms with Crippen molar-refractivity contribution < 1.29 is 19.1 Å². The van der Waals surface area contributed by atoms with Gasteiger partial charge in [-0.15, -0.1) is 0 Å². The third kappa shape index (κ3) is 3.06. The first-order chi connectivity index (χ1) is 10.6. The molecule has 118 valence electrons. The number of amides is 1. The molecule has 0 N–H and O–H groups in total. The van der Waals surface area contributed by atoms with Crippen molar-refractivity contribution in [2.75, 3.05) is 50.9 Å². The first-order valence-corrected chi connectivity index (χ1v) is 7.53. The average molecular weight is 304 g/mol. The summed E-state index contributed by atoms with van der Waals surface area (Å²) in [5.74, 6) is 0.822. The Bertz CT molecular complexity index is 582. The van der Waals surface area contributed by atoms with Crippen LogP contribution in [0.25, 0.3) is 0 Å². The van der Waals surface area contributed by atoms with E-state index >= 15 is 0 Å². The molecule has 1 fully saturated rings. The minimum absolute atomic E-state index is 0.00725. The maximum atomic E-state index is 12.4. The van der Waals surface area contributed by atoms with Gasteiger partial charge in [-0.05, 0) is 25.1 Å². The summed E-state index contributed by atoms with van der Waals surface area (Å²) < 4.78 is 10.9. The molecule has 0 spiro atoms.